The molecule has 0 spiro atoms. The Balaban J connectivity index is 2.50. The van der Waals surface area contributed by atoms with Gasteiger partial charge in [-0.05, 0) is 45.6 Å². The third-order valence-corrected chi connectivity index (χ3v) is 3.98. The average Bonchev–Trinajstić information content (AvgIpc) is 2.37. The molecule has 0 aliphatic carbocycles. The summed E-state index contributed by atoms with van der Waals surface area (Å²) >= 11 is 0. The van der Waals surface area contributed by atoms with Crippen LogP contribution in [0.3, 0.4) is 0 Å². The van der Waals surface area contributed by atoms with E-state index < -0.39 is 0 Å². The number of hydrogen-bond donors (Lipinski definition) is 2. The first kappa shape index (κ1) is 13.8. The van der Waals surface area contributed by atoms with Crippen LogP contribution in [-0.4, -0.2) is 23.4 Å². The monoisotopic (exact) mass is 260 g/mol. The van der Waals surface area contributed by atoms with Crippen LogP contribution in [-0.2, 0) is 0 Å². The molecule has 1 aliphatic rings. The Morgan fingerprint density at radius 3 is 2.84 bits per heavy atom. The van der Waals surface area contributed by atoms with Gasteiger partial charge < -0.3 is 10.6 Å². The molecule has 4 heteroatoms. The maximum atomic E-state index is 7.84. The van der Waals surface area contributed by atoms with E-state index in [0.717, 1.165) is 35.6 Å². The molecule has 0 radical (unpaired) electrons. The number of aromatic nitrogens is 1. The molecule has 2 heterocycles. The van der Waals surface area contributed by atoms with Gasteiger partial charge in [-0.3, -0.25) is 10.4 Å². The summed E-state index contributed by atoms with van der Waals surface area (Å²) in [4.78, 5) is 6.89. The Morgan fingerprint density at radius 1 is 1.47 bits per heavy atom. The van der Waals surface area contributed by atoms with Gasteiger partial charge in [-0.1, -0.05) is 6.92 Å². The van der Waals surface area contributed by atoms with Crippen LogP contribution in [0.25, 0.3) is 0 Å². The lowest BCUT2D eigenvalue weighted by Gasteiger charge is -2.38. The Hall–Kier alpha value is -1.58. The van der Waals surface area contributed by atoms with Crippen molar-refractivity contribution in [3.63, 3.8) is 0 Å². The van der Waals surface area contributed by atoms with Crippen LogP contribution in [0.5, 0.6) is 0 Å². The number of anilines is 1. The highest BCUT2D eigenvalue weighted by Crippen LogP contribution is 2.30. The van der Waals surface area contributed by atoms with Gasteiger partial charge in [-0.15, -0.1) is 0 Å². The normalized spacial score (nSPS) is 19.5. The molecule has 0 amide bonds. The van der Waals surface area contributed by atoms with E-state index in [1.54, 1.807) is 0 Å². The van der Waals surface area contributed by atoms with E-state index in [2.05, 4.69) is 22.9 Å². The molecular formula is C15H24N4. The molecule has 0 saturated carbocycles. The highest BCUT2D eigenvalue weighted by atomic mass is 15.2. The lowest BCUT2D eigenvalue weighted by molar-refractivity contribution is 0.449. The van der Waals surface area contributed by atoms with E-state index in [0.29, 0.717) is 6.04 Å². The second-order valence-corrected chi connectivity index (χ2v) is 5.41. The maximum Gasteiger partial charge on any atom is 0.126 e. The van der Waals surface area contributed by atoms with Crippen LogP contribution in [0, 0.1) is 19.3 Å². The van der Waals surface area contributed by atoms with E-state index in [1.165, 1.54) is 19.3 Å². The smallest absolute Gasteiger partial charge is 0.126 e. The summed E-state index contributed by atoms with van der Waals surface area (Å²) in [5.74, 6) is 0.125. The summed E-state index contributed by atoms with van der Waals surface area (Å²) in [5.41, 5.74) is 9.55. The Labute approximate surface area is 115 Å². The van der Waals surface area contributed by atoms with Crippen LogP contribution in [0.2, 0.25) is 0 Å². The predicted octanol–water partition coefficient (Wildman–Crippen LogP) is 2.75. The van der Waals surface area contributed by atoms with Crippen molar-refractivity contribution in [2.75, 3.05) is 11.4 Å². The zero-order valence-electron chi connectivity index (χ0n) is 12.2. The van der Waals surface area contributed by atoms with E-state index in [9.17, 15) is 0 Å². The van der Waals surface area contributed by atoms with E-state index in [4.69, 9.17) is 11.1 Å². The number of rotatable bonds is 3. The SMILES string of the molecule is CCC1CCCCN1c1cc(C)nc(C)c1C(=N)N. The quantitative estimate of drug-likeness (QED) is 0.648. The molecule has 1 unspecified atom stereocenters. The van der Waals surface area contributed by atoms with Crippen molar-refractivity contribution in [3.05, 3.63) is 23.0 Å². The summed E-state index contributed by atoms with van der Waals surface area (Å²) in [6.45, 7) is 7.24. The van der Waals surface area contributed by atoms with Gasteiger partial charge in [0.2, 0.25) is 0 Å². The van der Waals surface area contributed by atoms with Crippen molar-refractivity contribution >= 4 is 11.5 Å². The highest BCUT2D eigenvalue weighted by Gasteiger charge is 2.25. The standard InChI is InChI=1S/C15H24N4/c1-4-12-7-5-6-8-19(12)13-9-10(2)18-11(3)14(13)15(16)17/h9,12H,4-8H2,1-3H3,(H3,16,17). The lowest BCUT2D eigenvalue weighted by Crippen LogP contribution is -2.40. The van der Waals surface area contributed by atoms with Gasteiger partial charge in [0.05, 0.1) is 16.9 Å². The molecule has 3 N–H and O–H groups in total. The first-order valence-electron chi connectivity index (χ1n) is 7.13. The summed E-state index contributed by atoms with van der Waals surface area (Å²) in [5, 5.41) is 7.84. The van der Waals surface area contributed by atoms with Gasteiger partial charge in [-0.25, -0.2) is 0 Å². The minimum atomic E-state index is 0.125. The largest absolute Gasteiger partial charge is 0.384 e. The molecule has 1 atom stereocenters. The number of aryl methyl sites for hydroxylation is 2. The maximum absolute atomic E-state index is 7.84. The van der Waals surface area contributed by atoms with Crippen molar-refractivity contribution in [2.45, 2.75) is 52.5 Å². The Kier molecular flexibility index (Phi) is 4.08. The molecular weight excluding hydrogens is 236 g/mol. The minimum Gasteiger partial charge on any atom is -0.384 e. The van der Waals surface area contributed by atoms with Gasteiger partial charge in [0.15, 0.2) is 0 Å². The van der Waals surface area contributed by atoms with Crippen LogP contribution in [0.4, 0.5) is 5.69 Å². The zero-order valence-corrected chi connectivity index (χ0v) is 12.2. The van der Waals surface area contributed by atoms with Crippen LogP contribution in [0.15, 0.2) is 6.07 Å². The average molecular weight is 260 g/mol. The molecule has 1 aromatic heterocycles. The van der Waals surface area contributed by atoms with E-state index in [-0.39, 0.29) is 5.84 Å². The van der Waals surface area contributed by atoms with E-state index in [1.807, 2.05) is 13.8 Å². The molecule has 1 fully saturated rings. The van der Waals surface area contributed by atoms with Crippen molar-refractivity contribution in [1.29, 1.82) is 5.41 Å². The Bertz CT molecular complexity index is 481. The van der Waals surface area contributed by atoms with Gasteiger partial charge >= 0.3 is 0 Å². The van der Waals surface area contributed by atoms with Crippen LogP contribution < -0.4 is 10.6 Å². The molecule has 0 bridgehead atoms. The number of nitrogens with zero attached hydrogens (tertiary/aromatic N) is 2. The van der Waals surface area contributed by atoms with Crippen LogP contribution >= 0.6 is 0 Å². The van der Waals surface area contributed by atoms with E-state index >= 15 is 0 Å². The fraction of sp³-hybridized carbons (Fsp3) is 0.600. The topological polar surface area (TPSA) is 66.0 Å². The van der Waals surface area contributed by atoms with Crippen molar-refractivity contribution < 1.29 is 0 Å². The number of nitrogen functional groups attached to an aromatic ring is 1. The summed E-state index contributed by atoms with van der Waals surface area (Å²) in [6.07, 6.45) is 4.88. The van der Waals surface area contributed by atoms with Crippen molar-refractivity contribution in [2.24, 2.45) is 5.73 Å². The second-order valence-electron chi connectivity index (χ2n) is 5.41. The second kappa shape index (κ2) is 5.59. The number of nitrogens with two attached hydrogens (primary N) is 1. The van der Waals surface area contributed by atoms with Gasteiger partial charge in [0.25, 0.3) is 0 Å². The first-order chi connectivity index (χ1) is 9.04. The lowest BCUT2D eigenvalue weighted by atomic mass is 9.97. The number of hydrogen-bond acceptors (Lipinski definition) is 3. The molecule has 1 saturated heterocycles. The van der Waals surface area contributed by atoms with Gasteiger partial charge in [0.1, 0.15) is 5.84 Å². The zero-order chi connectivity index (χ0) is 14.0. The number of nitrogens with one attached hydrogen (secondary N) is 1. The molecule has 2 rings (SSSR count). The fourth-order valence-corrected chi connectivity index (χ4v) is 3.11. The number of piperidine rings is 1. The summed E-state index contributed by atoms with van der Waals surface area (Å²) < 4.78 is 0. The number of pyridine rings is 1. The molecule has 1 aliphatic heterocycles. The third kappa shape index (κ3) is 2.72. The van der Waals surface area contributed by atoms with Crippen molar-refractivity contribution in [3.8, 4) is 0 Å². The fourth-order valence-electron chi connectivity index (χ4n) is 3.11. The van der Waals surface area contributed by atoms with Gasteiger partial charge in [0, 0.05) is 18.3 Å². The summed E-state index contributed by atoms with van der Waals surface area (Å²) in [6, 6.07) is 2.64. The third-order valence-electron chi connectivity index (χ3n) is 3.98. The molecule has 19 heavy (non-hydrogen) atoms. The molecule has 4 nitrogen and oxygen atoms in total. The minimum absolute atomic E-state index is 0.125. The molecule has 1 aromatic rings. The predicted molar refractivity (Wildman–Crippen MR) is 80.0 cm³/mol. The van der Waals surface area contributed by atoms with Gasteiger partial charge in [-0.2, -0.15) is 0 Å². The highest BCUT2D eigenvalue weighted by molar-refractivity contribution is 6.01. The number of amidine groups is 1. The molecule has 104 valence electrons. The Morgan fingerprint density at radius 2 is 2.21 bits per heavy atom. The first-order valence-corrected chi connectivity index (χ1v) is 7.13. The van der Waals surface area contributed by atoms with Crippen LogP contribution in [0.1, 0.15) is 49.6 Å². The summed E-state index contributed by atoms with van der Waals surface area (Å²) in [7, 11) is 0. The molecule has 0 aromatic carbocycles. The van der Waals surface area contributed by atoms with Crippen molar-refractivity contribution in [1.82, 2.24) is 4.98 Å².